The number of halogens is 1. The maximum atomic E-state index is 12.8. The summed E-state index contributed by atoms with van der Waals surface area (Å²) in [7, 11) is 0. The first-order valence-electron chi connectivity index (χ1n) is 8.18. The summed E-state index contributed by atoms with van der Waals surface area (Å²) in [6.07, 6.45) is 3.22. The summed E-state index contributed by atoms with van der Waals surface area (Å²) in [5.74, 6) is 1.60. The van der Waals surface area contributed by atoms with E-state index in [4.69, 9.17) is 20.8 Å². The number of ether oxygens (including phenoxy) is 1. The van der Waals surface area contributed by atoms with Gasteiger partial charge in [0.05, 0.1) is 12.8 Å². The van der Waals surface area contributed by atoms with Gasteiger partial charge in [-0.25, -0.2) is 4.98 Å². The highest BCUT2D eigenvalue weighted by molar-refractivity contribution is 6.32. The number of aryl methyl sites for hydroxylation is 2. The molecule has 1 aromatic carbocycles. The highest BCUT2D eigenvalue weighted by Crippen LogP contribution is 2.26. The monoisotopic (exact) mass is 370 g/mol. The molecular formula is C20H19ClN2O3. The van der Waals surface area contributed by atoms with Gasteiger partial charge in [0.2, 0.25) is 0 Å². The molecule has 2 aromatic heterocycles. The van der Waals surface area contributed by atoms with Gasteiger partial charge in [-0.3, -0.25) is 9.69 Å². The molecule has 0 unspecified atom stereocenters. The third-order valence-corrected chi connectivity index (χ3v) is 4.49. The predicted octanol–water partition coefficient (Wildman–Crippen LogP) is 4.56. The van der Waals surface area contributed by atoms with E-state index in [0.717, 1.165) is 11.1 Å². The SMILES string of the molecule is Cc1cc(OCC(=O)N(Cc2ccco2)c2ccccn2)cc(C)c1Cl. The zero-order valence-corrected chi connectivity index (χ0v) is 15.4. The van der Waals surface area contributed by atoms with Gasteiger partial charge in [-0.15, -0.1) is 0 Å². The molecule has 6 heteroatoms. The number of furan rings is 1. The van der Waals surface area contributed by atoms with Gasteiger partial charge in [-0.2, -0.15) is 0 Å². The Labute approximate surface area is 157 Å². The van der Waals surface area contributed by atoms with Crippen molar-refractivity contribution < 1.29 is 13.9 Å². The van der Waals surface area contributed by atoms with Crippen LogP contribution in [0.25, 0.3) is 0 Å². The zero-order chi connectivity index (χ0) is 18.5. The summed E-state index contributed by atoms with van der Waals surface area (Å²) < 4.78 is 11.1. The van der Waals surface area contributed by atoms with Crippen LogP contribution in [-0.4, -0.2) is 17.5 Å². The molecule has 0 radical (unpaired) electrons. The molecule has 2 heterocycles. The van der Waals surface area contributed by atoms with Crippen molar-refractivity contribution >= 4 is 23.3 Å². The number of nitrogens with zero attached hydrogens (tertiary/aromatic N) is 2. The minimum atomic E-state index is -0.217. The third kappa shape index (κ3) is 4.24. The Morgan fingerprint density at radius 3 is 2.58 bits per heavy atom. The summed E-state index contributed by atoms with van der Waals surface area (Å²) >= 11 is 6.17. The van der Waals surface area contributed by atoms with Crippen LogP contribution in [0.2, 0.25) is 5.02 Å². The van der Waals surface area contributed by atoms with Gasteiger partial charge in [-0.05, 0) is 61.4 Å². The van der Waals surface area contributed by atoms with Crippen molar-refractivity contribution in [2.24, 2.45) is 0 Å². The smallest absolute Gasteiger partial charge is 0.266 e. The van der Waals surface area contributed by atoms with E-state index in [1.807, 2.05) is 38.1 Å². The molecule has 0 N–H and O–H groups in total. The van der Waals surface area contributed by atoms with Crippen LogP contribution in [0.3, 0.4) is 0 Å². The van der Waals surface area contributed by atoms with Crippen molar-refractivity contribution in [2.45, 2.75) is 20.4 Å². The molecule has 0 aliphatic rings. The minimum absolute atomic E-state index is 0.113. The van der Waals surface area contributed by atoms with Crippen LogP contribution in [0.15, 0.2) is 59.3 Å². The Morgan fingerprint density at radius 1 is 1.19 bits per heavy atom. The second-order valence-corrected chi connectivity index (χ2v) is 6.28. The molecule has 0 aliphatic carbocycles. The van der Waals surface area contributed by atoms with Crippen LogP contribution in [-0.2, 0) is 11.3 Å². The van der Waals surface area contributed by atoms with Crippen molar-refractivity contribution in [1.29, 1.82) is 0 Å². The highest BCUT2D eigenvalue weighted by atomic mass is 35.5. The molecular weight excluding hydrogens is 352 g/mol. The fourth-order valence-corrected chi connectivity index (χ4v) is 2.69. The van der Waals surface area contributed by atoms with Crippen LogP contribution >= 0.6 is 11.6 Å². The van der Waals surface area contributed by atoms with Gasteiger partial charge < -0.3 is 9.15 Å². The minimum Gasteiger partial charge on any atom is -0.484 e. The summed E-state index contributed by atoms with van der Waals surface area (Å²) in [5, 5.41) is 0.705. The number of carbonyl (C=O) groups is 1. The number of hydrogen-bond acceptors (Lipinski definition) is 4. The van der Waals surface area contributed by atoms with Crippen molar-refractivity contribution in [3.8, 4) is 5.75 Å². The average molecular weight is 371 g/mol. The van der Waals surface area contributed by atoms with Crippen molar-refractivity contribution in [3.63, 3.8) is 0 Å². The Balaban J connectivity index is 1.75. The lowest BCUT2D eigenvalue weighted by Crippen LogP contribution is -2.35. The molecule has 0 atom stereocenters. The second kappa shape index (κ2) is 8.06. The third-order valence-electron chi connectivity index (χ3n) is 3.89. The number of anilines is 1. The molecule has 0 bridgehead atoms. The van der Waals surface area contributed by atoms with E-state index in [1.165, 1.54) is 4.90 Å². The fraction of sp³-hybridized carbons (Fsp3) is 0.200. The predicted molar refractivity (Wildman–Crippen MR) is 101 cm³/mol. The second-order valence-electron chi connectivity index (χ2n) is 5.91. The van der Waals surface area contributed by atoms with Crippen LogP contribution in [0.5, 0.6) is 5.75 Å². The van der Waals surface area contributed by atoms with Gasteiger partial charge in [0, 0.05) is 11.2 Å². The Morgan fingerprint density at radius 2 is 1.96 bits per heavy atom. The van der Waals surface area contributed by atoms with E-state index in [9.17, 15) is 4.79 Å². The zero-order valence-electron chi connectivity index (χ0n) is 14.6. The molecule has 26 heavy (non-hydrogen) atoms. The number of rotatable bonds is 6. The molecule has 0 saturated carbocycles. The first-order valence-corrected chi connectivity index (χ1v) is 8.55. The molecule has 0 aliphatic heterocycles. The summed E-state index contributed by atoms with van der Waals surface area (Å²) in [5.41, 5.74) is 1.82. The fourth-order valence-electron chi connectivity index (χ4n) is 2.58. The van der Waals surface area contributed by atoms with Crippen LogP contribution < -0.4 is 9.64 Å². The summed E-state index contributed by atoms with van der Waals surface area (Å²) in [4.78, 5) is 18.6. The lowest BCUT2D eigenvalue weighted by Gasteiger charge is -2.21. The largest absolute Gasteiger partial charge is 0.484 e. The normalized spacial score (nSPS) is 10.6. The van der Waals surface area contributed by atoms with Crippen LogP contribution in [0.1, 0.15) is 16.9 Å². The lowest BCUT2D eigenvalue weighted by molar-refractivity contribution is -0.120. The number of aromatic nitrogens is 1. The van der Waals surface area contributed by atoms with E-state index < -0.39 is 0 Å². The maximum absolute atomic E-state index is 12.8. The summed E-state index contributed by atoms with van der Waals surface area (Å²) in [6.45, 7) is 3.98. The first kappa shape index (κ1) is 18.0. The van der Waals surface area contributed by atoms with E-state index in [1.54, 1.807) is 30.7 Å². The molecule has 3 aromatic rings. The number of carbonyl (C=O) groups excluding carboxylic acids is 1. The number of hydrogen-bond donors (Lipinski definition) is 0. The van der Waals surface area contributed by atoms with Gasteiger partial charge in [-0.1, -0.05) is 17.7 Å². The molecule has 3 rings (SSSR count). The van der Waals surface area contributed by atoms with Gasteiger partial charge in [0.25, 0.3) is 5.91 Å². The van der Waals surface area contributed by atoms with Crippen molar-refractivity contribution in [1.82, 2.24) is 4.98 Å². The van der Waals surface area contributed by atoms with E-state index in [-0.39, 0.29) is 19.1 Å². The van der Waals surface area contributed by atoms with E-state index >= 15 is 0 Å². The van der Waals surface area contributed by atoms with E-state index in [2.05, 4.69) is 4.98 Å². The quantitative estimate of drug-likeness (QED) is 0.638. The Kier molecular flexibility index (Phi) is 5.58. The van der Waals surface area contributed by atoms with Crippen molar-refractivity contribution in [3.05, 3.63) is 76.8 Å². The summed E-state index contributed by atoms with van der Waals surface area (Å²) in [6, 6.07) is 12.6. The Hall–Kier alpha value is -2.79. The lowest BCUT2D eigenvalue weighted by atomic mass is 10.1. The van der Waals surface area contributed by atoms with Gasteiger partial charge in [0.1, 0.15) is 17.3 Å². The highest BCUT2D eigenvalue weighted by Gasteiger charge is 2.19. The van der Waals surface area contributed by atoms with Crippen LogP contribution in [0, 0.1) is 13.8 Å². The topological polar surface area (TPSA) is 55.6 Å². The van der Waals surface area contributed by atoms with E-state index in [0.29, 0.717) is 22.4 Å². The number of benzene rings is 1. The molecule has 0 spiro atoms. The average Bonchev–Trinajstić information content (AvgIpc) is 3.16. The number of pyridine rings is 1. The van der Waals surface area contributed by atoms with Gasteiger partial charge >= 0.3 is 0 Å². The molecule has 134 valence electrons. The maximum Gasteiger partial charge on any atom is 0.266 e. The van der Waals surface area contributed by atoms with Gasteiger partial charge in [0.15, 0.2) is 6.61 Å². The standard InChI is InChI=1S/C20H19ClN2O3/c1-14-10-17(11-15(2)20(14)21)26-13-19(24)23(12-16-6-5-9-25-16)18-7-3-4-8-22-18/h3-11H,12-13H2,1-2H3. The van der Waals surface area contributed by atoms with Crippen LogP contribution in [0.4, 0.5) is 5.82 Å². The first-order chi connectivity index (χ1) is 12.5. The molecule has 5 nitrogen and oxygen atoms in total. The molecule has 0 fully saturated rings. The van der Waals surface area contributed by atoms with Crippen molar-refractivity contribution in [2.75, 3.05) is 11.5 Å². The Bertz CT molecular complexity index is 856. The molecule has 0 saturated heterocycles. The molecule has 1 amide bonds. The number of amides is 1.